The lowest BCUT2D eigenvalue weighted by atomic mass is 9.89. The van der Waals surface area contributed by atoms with Crippen LogP contribution in [0, 0.1) is 0 Å². The Kier molecular flexibility index (Phi) is 2.65. The average molecular weight is 235 g/mol. The number of H-pyrrole nitrogens is 1. The number of hydrogen-bond donors (Lipinski definition) is 1. The van der Waals surface area contributed by atoms with Crippen LogP contribution in [0.1, 0.15) is 43.8 Å². The zero-order valence-electron chi connectivity index (χ0n) is 8.89. The third-order valence-electron chi connectivity index (χ3n) is 3.08. The molecule has 1 aliphatic carbocycles. The van der Waals surface area contributed by atoms with Gasteiger partial charge in [0.05, 0.1) is 0 Å². The van der Waals surface area contributed by atoms with Gasteiger partial charge in [0, 0.05) is 11.3 Å². The fourth-order valence-corrected chi connectivity index (χ4v) is 2.64. The highest BCUT2D eigenvalue weighted by Crippen LogP contribution is 2.31. The highest BCUT2D eigenvalue weighted by Gasteiger charge is 2.19. The summed E-state index contributed by atoms with van der Waals surface area (Å²) in [5.74, 6) is 2.25. The number of nitrogens with one attached hydrogen (secondary N) is 1. The van der Waals surface area contributed by atoms with E-state index in [-0.39, 0.29) is 0 Å². The molecule has 5 nitrogen and oxygen atoms in total. The molecule has 16 heavy (non-hydrogen) atoms. The summed E-state index contributed by atoms with van der Waals surface area (Å²) in [6, 6.07) is 0. The third kappa shape index (κ3) is 1.84. The number of aromatic amines is 1. The minimum absolute atomic E-state index is 0.557. The van der Waals surface area contributed by atoms with Gasteiger partial charge in [0.2, 0.25) is 5.82 Å². The molecule has 0 aliphatic heterocycles. The van der Waals surface area contributed by atoms with Gasteiger partial charge < -0.3 is 0 Å². The van der Waals surface area contributed by atoms with Crippen LogP contribution in [-0.4, -0.2) is 24.8 Å². The minimum atomic E-state index is 0.557. The Morgan fingerprint density at radius 1 is 1.25 bits per heavy atom. The molecule has 0 radical (unpaired) electrons. The van der Waals surface area contributed by atoms with E-state index in [1.807, 2.05) is 5.38 Å². The van der Waals surface area contributed by atoms with Gasteiger partial charge in [-0.25, -0.2) is 4.98 Å². The van der Waals surface area contributed by atoms with Crippen LogP contribution < -0.4 is 0 Å². The maximum atomic E-state index is 4.51. The number of aromatic nitrogens is 5. The van der Waals surface area contributed by atoms with Crippen LogP contribution in [0.3, 0.4) is 0 Å². The molecular formula is C10H13N5S. The van der Waals surface area contributed by atoms with Crippen LogP contribution in [0.4, 0.5) is 0 Å². The molecule has 2 aromatic rings. The lowest BCUT2D eigenvalue weighted by Crippen LogP contribution is -2.06. The van der Waals surface area contributed by atoms with Crippen LogP contribution in [0.15, 0.2) is 5.38 Å². The van der Waals surface area contributed by atoms with E-state index in [9.17, 15) is 0 Å². The summed E-state index contributed by atoms with van der Waals surface area (Å²) in [6.45, 7) is 0. The lowest BCUT2D eigenvalue weighted by Gasteiger charge is -2.18. The largest absolute Gasteiger partial charge is 0.262 e. The predicted octanol–water partition coefficient (Wildman–Crippen LogP) is 2.37. The molecule has 1 fully saturated rings. The monoisotopic (exact) mass is 235 g/mol. The molecule has 2 heterocycles. The van der Waals surface area contributed by atoms with Gasteiger partial charge in [-0.3, -0.25) is 5.10 Å². The Labute approximate surface area is 97.5 Å². The maximum absolute atomic E-state index is 4.51. The molecule has 1 N–H and O–H groups in total. The second-order valence-corrected chi connectivity index (χ2v) is 4.78. The van der Waals surface area contributed by atoms with Crippen molar-refractivity contribution in [3.05, 3.63) is 11.2 Å². The maximum Gasteiger partial charge on any atom is 0.202 e. The third-order valence-corrected chi connectivity index (χ3v) is 3.59. The van der Waals surface area contributed by atoms with Crippen molar-refractivity contribution in [2.24, 2.45) is 0 Å². The quantitative estimate of drug-likeness (QED) is 0.867. The fourth-order valence-electron chi connectivity index (χ4n) is 2.21. The van der Waals surface area contributed by atoms with Gasteiger partial charge in [-0.2, -0.15) is 5.10 Å². The minimum Gasteiger partial charge on any atom is -0.262 e. The van der Waals surface area contributed by atoms with E-state index < -0.39 is 0 Å². The summed E-state index contributed by atoms with van der Waals surface area (Å²) in [6.07, 6.45) is 6.42. The topological polar surface area (TPSA) is 67.3 Å². The fraction of sp³-hybridized carbons (Fsp3) is 0.600. The zero-order valence-corrected chi connectivity index (χ0v) is 9.70. The molecule has 1 aliphatic rings. The van der Waals surface area contributed by atoms with Gasteiger partial charge in [0.25, 0.3) is 0 Å². The van der Waals surface area contributed by atoms with E-state index in [2.05, 4.69) is 24.8 Å². The first kappa shape index (κ1) is 9.89. The molecule has 1 saturated carbocycles. The molecule has 0 spiro atoms. The van der Waals surface area contributed by atoms with E-state index in [1.54, 1.807) is 0 Å². The molecule has 0 amide bonds. The summed E-state index contributed by atoms with van der Waals surface area (Å²) in [5, 5.41) is 13.1. The van der Waals surface area contributed by atoms with Crippen molar-refractivity contribution >= 4 is 11.5 Å². The summed E-state index contributed by atoms with van der Waals surface area (Å²) in [5.41, 5.74) is 0.767. The summed E-state index contributed by atoms with van der Waals surface area (Å²) >= 11 is 1.32. The SMILES string of the molecule is c1snnc1-c1n[nH]c(C2CCCCC2)n1. The van der Waals surface area contributed by atoms with E-state index >= 15 is 0 Å². The molecule has 2 aromatic heterocycles. The molecule has 84 valence electrons. The smallest absolute Gasteiger partial charge is 0.202 e. The Balaban J connectivity index is 1.82. The molecular weight excluding hydrogens is 222 g/mol. The average Bonchev–Trinajstić information content (AvgIpc) is 3.01. The molecule has 3 rings (SSSR count). The van der Waals surface area contributed by atoms with Crippen LogP contribution in [0.25, 0.3) is 11.5 Å². The first-order valence-corrected chi connectivity index (χ1v) is 6.47. The van der Waals surface area contributed by atoms with Crippen molar-refractivity contribution in [3.63, 3.8) is 0 Å². The van der Waals surface area contributed by atoms with E-state index in [1.165, 1.54) is 43.6 Å². The number of rotatable bonds is 2. The van der Waals surface area contributed by atoms with E-state index in [4.69, 9.17) is 0 Å². The van der Waals surface area contributed by atoms with Crippen molar-refractivity contribution in [1.29, 1.82) is 0 Å². The van der Waals surface area contributed by atoms with E-state index in [0.29, 0.717) is 11.7 Å². The van der Waals surface area contributed by atoms with Gasteiger partial charge in [0.15, 0.2) is 0 Å². The molecule has 0 unspecified atom stereocenters. The molecule has 0 aromatic carbocycles. The molecule has 6 heteroatoms. The Bertz CT molecular complexity index is 443. The second kappa shape index (κ2) is 4.29. The van der Waals surface area contributed by atoms with Crippen LogP contribution in [0.5, 0.6) is 0 Å². The zero-order chi connectivity index (χ0) is 10.8. The molecule has 0 bridgehead atoms. The molecule has 0 atom stereocenters. The standard InChI is InChI=1S/C10H13N5S/c1-2-4-7(5-3-1)9-11-10(14-13-9)8-6-16-15-12-8/h6-7H,1-5H2,(H,11,13,14). The van der Waals surface area contributed by atoms with Crippen molar-refractivity contribution in [1.82, 2.24) is 24.8 Å². The predicted molar refractivity (Wildman–Crippen MR) is 61.1 cm³/mol. The van der Waals surface area contributed by atoms with Gasteiger partial charge >= 0.3 is 0 Å². The summed E-state index contributed by atoms with van der Waals surface area (Å²) < 4.78 is 3.82. The Morgan fingerprint density at radius 3 is 2.88 bits per heavy atom. The lowest BCUT2D eigenvalue weighted by molar-refractivity contribution is 0.429. The van der Waals surface area contributed by atoms with Crippen molar-refractivity contribution in [2.75, 3.05) is 0 Å². The highest BCUT2D eigenvalue weighted by atomic mass is 32.1. The summed E-state index contributed by atoms with van der Waals surface area (Å²) in [7, 11) is 0. The second-order valence-electron chi connectivity index (χ2n) is 4.17. The van der Waals surface area contributed by atoms with Crippen molar-refractivity contribution in [2.45, 2.75) is 38.0 Å². The van der Waals surface area contributed by atoms with Crippen LogP contribution in [0.2, 0.25) is 0 Å². The Hall–Kier alpha value is -1.30. The first-order valence-electron chi connectivity index (χ1n) is 5.63. The van der Waals surface area contributed by atoms with Crippen LogP contribution in [-0.2, 0) is 0 Å². The van der Waals surface area contributed by atoms with Gasteiger partial charge in [-0.1, -0.05) is 23.8 Å². The van der Waals surface area contributed by atoms with Crippen molar-refractivity contribution < 1.29 is 0 Å². The first-order chi connectivity index (χ1) is 7.93. The van der Waals surface area contributed by atoms with E-state index in [0.717, 1.165) is 11.5 Å². The van der Waals surface area contributed by atoms with Crippen LogP contribution >= 0.6 is 11.5 Å². The summed E-state index contributed by atoms with van der Waals surface area (Å²) in [4.78, 5) is 4.51. The normalized spacial score (nSPS) is 17.8. The van der Waals surface area contributed by atoms with Crippen molar-refractivity contribution in [3.8, 4) is 11.5 Å². The molecule has 0 saturated heterocycles. The van der Waals surface area contributed by atoms with Gasteiger partial charge in [-0.05, 0) is 24.4 Å². The Morgan fingerprint density at radius 2 is 2.12 bits per heavy atom. The van der Waals surface area contributed by atoms with Gasteiger partial charge in [-0.15, -0.1) is 5.10 Å². The number of hydrogen-bond acceptors (Lipinski definition) is 5. The number of nitrogens with zero attached hydrogens (tertiary/aromatic N) is 4. The van der Waals surface area contributed by atoms with Gasteiger partial charge in [0.1, 0.15) is 11.5 Å². The highest BCUT2D eigenvalue weighted by molar-refractivity contribution is 7.03.